The van der Waals surface area contributed by atoms with E-state index in [1.807, 2.05) is 0 Å². The molecule has 304 valence electrons. The Morgan fingerprint density at radius 2 is 0.703 bits per heavy atom. The van der Waals surface area contributed by atoms with Crippen LogP contribution < -0.4 is 9.80 Å². The number of fused-ring (bicyclic) bond motifs is 7. The quantitative estimate of drug-likeness (QED) is 0.152. The van der Waals surface area contributed by atoms with Crippen molar-refractivity contribution in [2.45, 2.75) is 13.8 Å². The molecular weight excluding hydrogens is 777 g/mol. The van der Waals surface area contributed by atoms with Crippen molar-refractivity contribution < 1.29 is 0 Å². The summed E-state index contributed by atoms with van der Waals surface area (Å²) in [5, 5.41) is 7.28. The van der Waals surface area contributed by atoms with Gasteiger partial charge in [-0.05, 0) is 128 Å². The Morgan fingerprint density at radius 3 is 1.28 bits per heavy atom. The summed E-state index contributed by atoms with van der Waals surface area (Å²) in [6.07, 6.45) is 0. The fourth-order valence-electron chi connectivity index (χ4n) is 9.77. The number of para-hydroxylation sites is 3. The molecule has 10 aromatic carbocycles. The maximum Gasteiger partial charge on any atom is 0.0542 e. The Hall–Kier alpha value is -8.34. The van der Waals surface area contributed by atoms with Crippen LogP contribution in [0.5, 0.6) is 0 Å². The predicted molar refractivity (Wildman–Crippen MR) is 271 cm³/mol. The SMILES string of the molecule is Cc1ccc(N(c2ccc(C)cc2)c2ccc3c(c2)c2ccccc2n3-c2cccc(-n3c4ccccc4c4cc(N(c5ccccc5)c5cccc6ccccc56)ccc43)c2)cc1. The molecule has 0 saturated carbocycles. The van der Waals surface area contributed by atoms with E-state index in [2.05, 4.69) is 263 Å². The van der Waals surface area contributed by atoms with Crippen LogP contribution in [0.15, 0.2) is 231 Å². The highest BCUT2D eigenvalue weighted by atomic mass is 15.2. The highest BCUT2D eigenvalue weighted by molar-refractivity contribution is 6.12. The minimum Gasteiger partial charge on any atom is -0.310 e. The number of hydrogen-bond donors (Lipinski definition) is 0. The molecule has 64 heavy (non-hydrogen) atoms. The third kappa shape index (κ3) is 6.22. The fraction of sp³-hybridized carbons (Fsp3) is 0.0333. The second-order valence-corrected chi connectivity index (χ2v) is 16.8. The lowest BCUT2D eigenvalue weighted by Crippen LogP contribution is -2.10. The van der Waals surface area contributed by atoms with Crippen molar-refractivity contribution in [1.29, 1.82) is 0 Å². The van der Waals surface area contributed by atoms with Gasteiger partial charge < -0.3 is 18.9 Å². The second-order valence-electron chi connectivity index (χ2n) is 16.8. The number of aromatic nitrogens is 2. The molecule has 0 radical (unpaired) electrons. The van der Waals surface area contributed by atoms with Gasteiger partial charge in [0.2, 0.25) is 0 Å². The molecule has 4 nitrogen and oxygen atoms in total. The molecule has 0 saturated heterocycles. The Bertz CT molecular complexity index is 3640. The van der Waals surface area contributed by atoms with E-state index < -0.39 is 0 Å². The van der Waals surface area contributed by atoms with Crippen molar-refractivity contribution in [2.24, 2.45) is 0 Å². The van der Waals surface area contributed by atoms with E-state index in [-0.39, 0.29) is 0 Å². The summed E-state index contributed by atoms with van der Waals surface area (Å²) in [7, 11) is 0. The average molecular weight is 821 g/mol. The summed E-state index contributed by atoms with van der Waals surface area (Å²) in [4.78, 5) is 4.75. The summed E-state index contributed by atoms with van der Waals surface area (Å²) >= 11 is 0. The number of anilines is 6. The molecule has 2 aromatic heterocycles. The first-order chi connectivity index (χ1) is 31.6. The van der Waals surface area contributed by atoms with Gasteiger partial charge in [0.25, 0.3) is 0 Å². The van der Waals surface area contributed by atoms with Crippen LogP contribution in [0.3, 0.4) is 0 Å². The number of rotatable bonds is 8. The molecule has 0 unspecified atom stereocenters. The van der Waals surface area contributed by atoms with Crippen molar-refractivity contribution >= 4 is 88.5 Å². The van der Waals surface area contributed by atoms with Crippen LogP contribution in [0, 0.1) is 13.8 Å². The minimum atomic E-state index is 1.11. The number of benzene rings is 10. The first-order valence-corrected chi connectivity index (χ1v) is 22.0. The summed E-state index contributed by atoms with van der Waals surface area (Å²) in [5.41, 5.74) is 16.1. The summed E-state index contributed by atoms with van der Waals surface area (Å²) in [6, 6.07) is 84.1. The van der Waals surface area contributed by atoms with Gasteiger partial charge >= 0.3 is 0 Å². The van der Waals surface area contributed by atoms with E-state index in [1.165, 1.54) is 54.5 Å². The smallest absolute Gasteiger partial charge is 0.0542 e. The lowest BCUT2D eigenvalue weighted by Gasteiger charge is -2.27. The zero-order chi connectivity index (χ0) is 42.7. The molecule has 12 aromatic rings. The number of hydrogen-bond acceptors (Lipinski definition) is 2. The van der Waals surface area contributed by atoms with Gasteiger partial charge in [-0.3, -0.25) is 0 Å². The Morgan fingerprint density at radius 1 is 0.281 bits per heavy atom. The topological polar surface area (TPSA) is 16.3 Å². The van der Waals surface area contributed by atoms with Gasteiger partial charge in [0.05, 0.1) is 27.8 Å². The van der Waals surface area contributed by atoms with E-state index in [9.17, 15) is 0 Å². The van der Waals surface area contributed by atoms with Crippen LogP contribution in [0.1, 0.15) is 11.1 Å². The second kappa shape index (κ2) is 15.2. The first kappa shape index (κ1) is 37.4. The molecule has 0 aliphatic rings. The van der Waals surface area contributed by atoms with Crippen LogP contribution in [0.25, 0.3) is 65.8 Å². The lowest BCUT2D eigenvalue weighted by atomic mass is 10.1. The largest absolute Gasteiger partial charge is 0.310 e. The third-order valence-corrected chi connectivity index (χ3v) is 12.8. The molecule has 4 heteroatoms. The molecular formula is C60H44N4. The zero-order valence-corrected chi connectivity index (χ0v) is 35.7. The highest BCUT2D eigenvalue weighted by Gasteiger charge is 2.21. The molecule has 0 amide bonds. The van der Waals surface area contributed by atoms with Crippen LogP contribution in [-0.2, 0) is 0 Å². The molecule has 0 spiro atoms. The summed E-state index contributed by atoms with van der Waals surface area (Å²) < 4.78 is 4.85. The van der Waals surface area contributed by atoms with E-state index in [0.29, 0.717) is 0 Å². The van der Waals surface area contributed by atoms with Crippen molar-refractivity contribution in [2.75, 3.05) is 9.80 Å². The average Bonchev–Trinajstić information content (AvgIpc) is 3.86. The summed E-state index contributed by atoms with van der Waals surface area (Å²) in [5.74, 6) is 0. The van der Waals surface area contributed by atoms with Crippen molar-refractivity contribution in [3.05, 3.63) is 242 Å². The third-order valence-electron chi connectivity index (χ3n) is 12.8. The number of aryl methyl sites for hydroxylation is 2. The molecule has 0 bridgehead atoms. The van der Waals surface area contributed by atoms with Gasteiger partial charge in [0.1, 0.15) is 0 Å². The maximum absolute atomic E-state index is 2.43. The molecule has 12 rings (SSSR count). The molecule has 0 aliphatic carbocycles. The lowest BCUT2D eigenvalue weighted by molar-refractivity contribution is 1.13. The van der Waals surface area contributed by atoms with Crippen LogP contribution in [-0.4, -0.2) is 9.13 Å². The minimum absolute atomic E-state index is 1.11. The Balaban J connectivity index is 1.01. The van der Waals surface area contributed by atoms with Crippen molar-refractivity contribution in [3.8, 4) is 11.4 Å². The zero-order valence-electron chi connectivity index (χ0n) is 35.7. The van der Waals surface area contributed by atoms with Gasteiger partial charge in [0, 0.05) is 66.7 Å². The monoisotopic (exact) mass is 820 g/mol. The van der Waals surface area contributed by atoms with Crippen LogP contribution in [0.4, 0.5) is 34.1 Å². The van der Waals surface area contributed by atoms with Gasteiger partial charge in [-0.1, -0.05) is 132 Å². The predicted octanol–water partition coefficient (Wildman–Crippen LogP) is 16.6. The van der Waals surface area contributed by atoms with Crippen LogP contribution >= 0.6 is 0 Å². The fourth-order valence-corrected chi connectivity index (χ4v) is 9.77. The van der Waals surface area contributed by atoms with Crippen LogP contribution in [0.2, 0.25) is 0 Å². The highest BCUT2D eigenvalue weighted by Crippen LogP contribution is 2.43. The van der Waals surface area contributed by atoms with E-state index in [1.54, 1.807) is 0 Å². The van der Waals surface area contributed by atoms with E-state index in [0.717, 1.165) is 56.5 Å². The maximum atomic E-state index is 2.43. The van der Waals surface area contributed by atoms with Gasteiger partial charge in [-0.25, -0.2) is 0 Å². The molecule has 0 fully saturated rings. The Kier molecular flexibility index (Phi) is 8.91. The van der Waals surface area contributed by atoms with E-state index in [4.69, 9.17) is 0 Å². The Labute approximate surface area is 372 Å². The molecule has 0 N–H and O–H groups in total. The molecule has 0 aliphatic heterocycles. The van der Waals surface area contributed by atoms with Crippen molar-refractivity contribution in [1.82, 2.24) is 9.13 Å². The first-order valence-electron chi connectivity index (χ1n) is 22.0. The van der Waals surface area contributed by atoms with Crippen molar-refractivity contribution in [3.63, 3.8) is 0 Å². The normalized spacial score (nSPS) is 11.6. The van der Waals surface area contributed by atoms with E-state index >= 15 is 0 Å². The van der Waals surface area contributed by atoms with Gasteiger partial charge in [-0.15, -0.1) is 0 Å². The number of nitrogens with zero attached hydrogens (tertiary/aromatic N) is 4. The van der Waals surface area contributed by atoms with Gasteiger partial charge in [0.15, 0.2) is 0 Å². The van der Waals surface area contributed by atoms with Gasteiger partial charge in [-0.2, -0.15) is 0 Å². The molecule has 0 atom stereocenters. The standard InChI is InChI=1S/C60H44N4/c1-41-26-30-45(31-27-41)61(46-32-28-42(2)29-33-46)49-34-36-59-54(39-49)52-21-8-10-23-57(52)63(59)47-18-13-19-48(38-47)64-58-24-11-9-22-53(58)55-40-50(35-37-60(55)64)62(44-16-4-3-5-17-44)56-25-12-15-43-14-6-7-20-51(43)56/h3-40H,1-2H3. The molecule has 2 heterocycles. The summed E-state index contributed by atoms with van der Waals surface area (Å²) in [6.45, 7) is 4.28.